The first-order valence-corrected chi connectivity index (χ1v) is 11.8. The van der Waals surface area contributed by atoms with E-state index in [4.69, 9.17) is 9.47 Å². The Hall–Kier alpha value is -3.63. The van der Waals surface area contributed by atoms with Crippen LogP contribution >= 0.6 is 0 Å². The maximum Gasteiger partial charge on any atom is 0.328 e. The van der Waals surface area contributed by atoms with Gasteiger partial charge in [-0.25, -0.2) is 9.18 Å². The number of phenols is 1. The smallest absolute Gasteiger partial charge is 0.328 e. The number of aromatic hydroxyl groups is 1. The van der Waals surface area contributed by atoms with Crippen LogP contribution in [0.4, 0.5) is 9.18 Å². The Kier molecular flexibility index (Phi) is 6.09. The van der Waals surface area contributed by atoms with E-state index in [9.17, 15) is 14.7 Å². The zero-order chi connectivity index (χ0) is 25.6. The number of methoxy groups -OCH3 is 2. The lowest BCUT2D eigenvalue weighted by molar-refractivity contribution is -0.133. The number of phenolic OH excluding ortho intramolecular Hbond substituents is 1. The third-order valence-electron chi connectivity index (χ3n) is 7.13. The Morgan fingerprint density at radius 3 is 2.75 bits per heavy atom. The van der Waals surface area contributed by atoms with E-state index in [1.54, 1.807) is 49.3 Å². The molecule has 3 heterocycles. The molecule has 36 heavy (non-hydrogen) atoms. The maximum atomic E-state index is 15.5. The molecule has 2 aliphatic heterocycles. The average molecular weight is 497 g/mol. The molecule has 3 aromatic rings. The Morgan fingerprint density at radius 2 is 2.03 bits per heavy atom. The van der Waals surface area contributed by atoms with Crippen molar-refractivity contribution in [1.29, 1.82) is 0 Å². The van der Waals surface area contributed by atoms with Crippen molar-refractivity contribution in [1.82, 2.24) is 20.1 Å². The summed E-state index contributed by atoms with van der Waals surface area (Å²) in [5, 5.41) is 13.7. The van der Waals surface area contributed by atoms with Crippen LogP contribution in [0.5, 0.6) is 11.5 Å². The van der Waals surface area contributed by atoms with Crippen molar-refractivity contribution < 1.29 is 28.6 Å². The lowest BCUT2D eigenvalue weighted by atomic mass is 9.81. The molecule has 2 unspecified atom stereocenters. The van der Waals surface area contributed by atoms with E-state index < -0.39 is 23.4 Å². The molecule has 2 aromatic carbocycles. The average Bonchev–Trinajstić information content (AvgIpc) is 3.31. The number of aromatic nitrogens is 1. The van der Waals surface area contributed by atoms with Crippen molar-refractivity contribution in [3.63, 3.8) is 0 Å². The van der Waals surface area contributed by atoms with Crippen LogP contribution < -0.4 is 10.1 Å². The van der Waals surface area contributed by atoms with E-state index >= 15 is 4.39 Å². The van der Waals surface area contributed by atoms with Gasteiger partial charge in [0.25, 0.3) is 5.91 Å². The van der Waals surface area contributed by atoms with E-state index in [1.165, 1.54) is 18.1 Å². The number of halogens is 1. The third-order valence-corrected chi connectivity index (χ3v) is 7.13. The van der Waals surface area contributed by atoms with Crippen LogP contribution in [0, 0.1) is 5.82 Å². The first kappa shape index (κ1) is 24.1. The first-order valence-electron chi connectivity index (χ1n) is 11.8. The lowest BCUT2D eigenvalue weighted by Gasteiger charge is -2.42. The van der Waals surface area contributed by atoms with E-state index in [2.05, 4.69) is 10.3 Å². The number of imide groups is 1. The van der Waals surface area contributed by atoms with Gasteiger partial charge in [0, 0.05) is 49.8 Å². The highest BCUT2D eigenvalue weighted by Gasteiger charge is 2.60. The number of aromatic amines is 1. The molecule has 2 atom stereocenters. The molecule has 0 saturated carbocycles. The Balaban J connectivity index is 1.63. The Labute approximate surface area is 207 Å². The number of amides is 3. The van der Waals surface area contributed by atoms with Crippen molar-refractivity contribution in [2.24, 2.45) is 0 Å². The summed E-state index contributed by atoms with van der Waals surface area (Å²) in [5.41, 5.74) is 1.16. The molecular weight excluding hydrogens is 467 g/mol. The molecule has 1 fully saturated rings. The predicted molar refractivity (Wildman–Crippen MR) is 131 cm³/mol. The monoisotopic (exact) mass is 496 g/mol. The number of urea groups is 1. The SMILES string of the molecule is COCCNCCN1C(=O)N2C(c3cccc(O)c3)c3[nH]c4ccc(OC)c(F)c4c3CC2(C)C1=O. The normalized spacial score (nSPS) is 21.3. The molecule has 0 radical (unpaired) electrons. The number of ether oxygens (including phenoxy) is 2. The standard InChI is InChI=1S/C26H29FN4O5/c1-26-14-17-20-18(7-8-19(36-3)21(20)27)29-22(17)23(15-5-4-6-16(32)13-15)31(26)25(34)30(24(26)33)11-9-28-10-12-35-2/h4-8,13,23,28-29,32H,9-12,14H2,1-3H3. The van der Waals surface area contributed by atoms with Crippen molar-refractivity contribution in [3.8, 4) is 11.5 Å². The minimum absolute atomic E-state index is 0.0301. The number of nitrogens with zero attached hydrogens (tertiary/aromatic N) is 2. The van der Waals surface area contributed by atoms with Gasteiger partial charge < -0.3 is 24.9 Å². The number of hydrogen-bond donors (Lipinski definition) is 3. The maximum absolute atomic E-state index is 15.5. The number of fused-ring (bicyclic) bond motifs is 4. The van der Waals surface area contributed by atoms with Crippen molar-refractivity contribution in [2.75, 3.05) is 40.5 Å². The number of hydrogen-bond acceptors (Lipinski definition) is 6. The number of carbonyl (C=O) groups excluding carboxylic acids is 2. The van der Waals surface area contributed by atoms with Gasteiger partial charge in [0.05, 0.1) is 13.7 Å². The highest BCUT2D eigenvalue weighted by molar-refractivity contribution is 6.08. The second-order valence-corrected chi connectivity index (χ2v) is 9.32. The van der Waals surface area contributed by atoms with Gasteiger partial charge in [-0.15, -0.1) is 0 Å². The van der Waals surface area contributed by atoms with E-state index in [1.807, 2.05) is 0 Å². The zero-order valence-electron chi connectivity index (χ0n) is 20.4. The quantitative estimate of drug-likeness (QED) is 0.327. The fraction of sp³-hybridized carbons (Fsp3) is 0.385. The zero-order valence-corrected chi connectivity index (χ0v) is 20.4. The van der Waals surface area contributed by atoms with Gasteiger partial charge in [0.15, 0.2) is 11.6 Å². The van der Waals surface area contributed by atoms with Crippen molar-refractivity contribution in [3.05, 3.63) is 59.0 Å². The van der Waals surface area contributed by atoms with Crippen molar-refractivity contribution >= 4 is 22.8 Å². The molecule has 0 aliphatic carbocycles. The van der Waals surface area contributed by atoms with Crippen LogP contribution in [-0.2, 0) is 16.0 Å². The number of rotatable bonds is 8. The summed E-state index contributed by atoms with van der Waals surface area (Å²) in [7, 11) is 3.01. The number of nitrogens with one attached hydrogen (secondary N) is 2. The minimum Gasteiger partial charge on any atom is -0.508 e. The van der Waals surface area contributed by atoms with Gasteiger partial charge in [-0.05, 0) is 42.3 Å². The summed E-state index contributed by atoms with van der Waals surface area (Å²) in [5.74, 6) is -0.726. The second kappa shape index (κ2) is 9.11. The van der Waals surface area contributed by atoms with Gasteiger partial charge in [-0.2, -0.15) is 0 Å². The number of carbonyl (C=O) groups is 2. The first-order chi connectivity index (χ1) is 17.3. The molecule has 9 nitrogen and oxygen atoms in total. The second-order valence-electron chi connectivity index (χ2n) is 9.32. The Bertz CT molecular complexity index is 1340. The van der Waals surface area contributed by atoms with Crippen LogP contribution in [0.1, 0.15) is 29.8 Å². The number of H-pyrrole nitrogens is 1. The van der Waals surface area contributed by atoms with E-state index in [0.29, 0.717) is 47.4 Å². The van der Waals surface area contributed by atoms with Gasteiger partial charge in [-0.3, -0.25) is 14.6 Å². The molecule has 190 valence electrons. The molecule has 2 aliphatic rings. The topological polar surface area (TPSA) is 107 Å². The number of benzene rings is 2. The van der Waals surface area contributed by atoms with Gasteiger partial charge in [0.1, 0.15) is 17.3 Å². The molecule has 0 spiro atoms. The molecule has 1 saturated heterocycles. The lowest BCUT2D eigenvalue weighted by Crippen LogP contribution is -2.53. The van der Waals surface area contributed by atoms with Crippen LogP contribution in [0.25, 0.3) is 10.9 Å². The molecule has 1 aromatic heterocycles. The fourth-order valence-electron chi connectivity index (χ4n) is 5.44. The summed E-state index contributed by atoms with van der Waals surface area (Å²) in [6.45, 7) is 3.44. The highest BCUT2D eigenvalue weighted by atomic mass is 19.1. The molecule has 3 amide bonds. The predicted octanol–water partition coefficient (Wildman–Crippen LogP) is 2.93. The molecule has 3 N–H and O–H groups in total. The third kappa shape index (κ3) is 3.59. The van der Waals surface area contributed by atoms with E-state index in [0.717, 1.165) is 0 Å². The van der Waals surface area contributed by atoms with E-state index in [-0.39, 0.29) is 30.4 Å². The summed E-state index contributed by atoms with van der Waals surface area (Å²) in [4.78, 5) is 33.6. The van der Waals surface area contributed by atoms with Crippen LogP contribution in [0.3, 0.4) is 0 Å². The molecule has 5 rings (SSSR count). The molecule has 10 heteroatoms. The molecule has 0 bridgehead atoms. The Morgan fingerprint density at radius 1 is 1.22 bits per heavy atom. The summed E-state index contributed by atoms with van der Waals surface area (Å²) < 4.78 is 25.7. The van der Waals surface area contributed by atoms with Gasteiger partial charge in [0.2, 0.25) is 0 Å². The van der Waals surface area contributed by atoms with Crippen LogP contribution in [-0.4, -0.2) is 77.8 Å². The van der Waals surface area contributed by atoms with Crippen LogP contribution in [0.2, 0.25) is 0 Å². The van der Waals surface area contributed by atoms with Crippen LogP contribution in [0.15, 0.2) is 36.4 Å². The van der Waals surface area contributed by atoms with Crippen molar-refractivity contribution in [2.45, 2.75) is 24.9 Å². The largest absolute Gasteiger partial charge is 0.508 e. The molecular formula is C26H29FN4O5. The van der Waals surface area contributed by atoms with Gasteiger partial charge >= 0.3 is 6.03 Å². The minimum atomic E-state index is -1.24. The van der Waals surface area contributed by atoms with Gasteiger partial charge in [-0.1, -0.05) is 12.1 Å². The summed E-state index contributed by atoms with van der Waals surface area (Å²) >= 11 is 0. The summed E-state index contributed by atoms with van der Waals surface area (Å²) in [6.07, 6.45) is 0.139. The fourth-order valence-corrected chi connectivity index (χ4v) is 5.44. The highest BCUT2D eigenvalue weighted by Crippen LogP contribution is 2.49. The summed E-state index contributed by atoms with van der Waals surface area (Å²) in [6, 6.07) is 8.69.